The minimum atomic E-state index is 0.361. The molecule has 4 nitrogen and oxygen atoms in total. The Bertz CT molecular complexity index is 383. The van der Waals surface area contributed by atoms with Crippen LogP contribution in [0.25, 0.3) is 11.4 Å². The fraction of sp³-hybridized carbons (Fsp3) is 0.111. The van der Waals surface area contributed by atoms with Crippen LogP contribution in [0.3, 0.4) is 0 Å². The van der Waals surface area contributed by atoms with E-state index in [0.29, 0.717) is 12.3 Å². The summed E-state index contributed by atoms with van der Waals surface area (Å²) in [6.07, 6.45) is 1.71. The number of nitrogens with two attached hydrogens (primary N) is 1. The molecule has 2 N–H and O–H groups in total. The second-order valence-corrected chi connectivity index (χ2v) is 2.60. The summed E-state index contributed by atoms with van der Waals surface area (Å²) >= 11 is 0. The Hall–Kier alpha value is -1.68. The van der Waals surface area contributed by atoms with Gasteiger partial charge in [0.2, 0.25) is 0 Å². The van der Waals surface area contributed by atoms with Crippen LogP contribution in [0.4, 0.5) is 0 Å². The first-order valence-electron chi connectivity index (χ1n) is 3.97. The van der Waals surface area contributed by atoms with Gasteiger partial charge in [0.15, 0.2) is 5.76 Å². The largest absolute Gasteiger partial charge is 0.359 e. The summed E-state index contributed by atoms with van der Waals surface area (Å²) in [5, 5.41) is 3.84. The van der Waals surface area contributed by atoms with Crippen LogP contribution in [0, 0.1) is 0 Å². The minimum Gasteiger partial charge on any atom is -0.359 e. The van der Waals surface area contributed by atoms with Gasteiger partial charge < -0.3 is 10.3 Å². The van der Waals surface area contributed by atoms with Gasteiger partial charge in [0, 0.05) is 12.3 Å². The number of hydrogen-bond acceptors (Lipinski definition) is 4. The fourth-order valence-corrected chi connectivity index (χ4v) is 1.04. The molecule has 0 aliphatic carbocycles. The summed E-state index contributed by atoms with van der Waals surface area (Å²) in [5.74, 6) is 0.667. The highest BCUT2D eigenvalue weighted by Gasteiger charge is 2.04. The summed E-state index contributed by atoms with van der Waals surface area (Å²) in [7, 11) is 0. The maximum absolute atomic E-state index is 5.39. The third kappa shape index (κ3) is 1.57. The van der Waals surface area contributed by atoms with Crippen LogP contribution >= 0.6 is 0 Å². The number of nitrogens with zero attached hydrogens (tertiary/aromatic N) is 2. The molecule has 0 unspecified atom stereocenters. The zero-order valence-electron chi connectivity index (χ0n) is 6.97. The molecule has 0 aromatic carbocycles. The smallest absolute Gasteiger partial charge is 0.150 e. The van der Waals surface area contributed by atoms with E-state index in [9.17, 15) is 0 Å². The normalized spacial score (nSPS) is 10.2. The zero-order valence-corrected chi connectivity index (χ0v) is 6.97. The maximum atomic E-state index is 5.39. The lowest BCUT2D eigenvalue weighted by molar-refractivity contribution is 0.387. The van der Waals surface area contributed by atoms with Crippen LogP contribution in [0.2, 0.25) is 0 Å². The van der Waals surface area contributed by atoms with Crippen molar-refractivity contribution in [1.82, 2.24) is 10.1 Å². The Labute approximate surface area is 75.4 Å². The molecule has 2 rings (SSSR count). The average Bonchev–Trinajstić information content (AvgIpc) is 2.67. The predicted octanol–water partition coefficient (Wildman–Crippen LogP) is 1.20. The molecule has 0 saturated heterocycles. The monoisotopic (exact) mass is 175 g/mol. The van der Waals surface area contributed by atoms with E-state index in [2.05, 4.69) is 10.1 Å². The van der Waals surface area contributed by atoms with E-state index in [-0.39, 0.29) is 0 Å². The molecule has 2 aromatic heterocycles. The average molecular weight is 175 g/mol. The van der Waals surface area contributed by atoms with Crippen LogP contribution in [-0.4, -0.2) is 10.1 Å². The molecule has 4 heteroatoms. The summed E-state index contributed by atoms with van der Waals surface area (Å²) in [5.41, 5.74) is 6.91. The molecule has 66 valence electrons. The van der Waals surface area contributed by atoms with Crippen molar-refractivity contribution >= 4 is 0 Å². The Morgan fingerprint density at radius 3 is 2.85 bits per heavy atom. The van der Waals surface area contributed by atoms with Crippen LogP contribution in [0.1, 0.15) is 5.76 Å². The summed E-state index contributed by atoms with van der Waals surface area (Å²) < 4.78 is 4.95. The van der Waals surface area contributed by atoms with Gasteiger partial charge in [-0.25, -0.2) is 0 Å². The Morgan fingerprint density at radius 2 is 2.23 bits per heavy atom. The van der Waals surface area contributed by atoms with Gasteiger partial charge in [-0.3, -0.25) is 4.98 Å². The molecule has 0 saturated carbocycles. The molecule has 0 atom stereocenters. The van der Waals surface area contributed by atoms with Gasteiger partial charge in [-0.1, -0.05) is 11.2 Å². The maximum Gasteiger partial charge on any atom is 0.150 e. The van der Waals surface area contributed by atoms with Gasteiger partial charge >= 0.3 is 0 Å². The van der Waals surface area contributed by atoms with Gasteiger partial charge in [-0.15, -0.1) is 0 Å². The highest BCUT2D eigenvalue weighted by atomic mass is 16.5. The minimum absolute atomic E-state index is 0.361. The first-order chi connectivity index (χ1) is 6.40. The molecule has 0 aliphatic heterocycles. The second kappa shape index (κ2) is 3.37. The van der Waals surface area contributed by atoms with Crippen LogP contribution < -0.4 is 5.73 Å². The summed E-state index contributed by atoms with van der Waals surface area (Å²) in [4.78, 5) is 4.13. The lowest BCUT2D eigenvalue weighted by Gasteiger charge is -1.90. The van der Waals surface area contributed by atoms with E-state index in [1.54, 1.807) is 12.3 Å². The van der Waals surface area contributed by atoms with E-state index in [1.807, 2.05) is 18.2 Å². The highest BCUT2D eigenvalue weighted by Crippen LogP contribution is 2.15. The fourth-order valence-electron chi connectivity index (χ4n) is 1.04. The van der Waals surface area contributed by atoms with Crippen molar-refractivity contribution in [3.63, 3.8) is 0 Å². The Balaban J connectivity index is 2.36. The van der Waals surface area contributed by atoms with Gasteiger partial charge in [0.1, 0.15) is 5.69 Å². The number of pyridine rings is 1. The van der Waals surface area contributed by atoms with Crippen molar-refractivity contribution < 1.29 is 4.52 Å². The van der Waals surface area contributed by atoms with Crippen LogP contribution in [0.5, 0.6) is 0 Å². The standard InChI is InChI=1S/C9H9N3O/c10-6-7-5-9(12-13-7)8-3-1-2-4-11-8/h1-5H,6,10H2. The van der Waals surface area contributed by atoms with Crippen molar-refractivity contribution in [1.29, 1.82) is 0 Å². The van der Waals surface area contributed by atoms with Crippen molar-refractivity contribution in [2.24, 2.45) is 5.73 Å². The number of aromatic nitrogens is 2. The summed E-state index contributed by atoms with van der Waals surface area (Å²) in [6.45, 7) is 0.361. The molecule has 13 heavy (non-hydrogen) atoms. The van der Waals surface area contributed by atoms with E-state index in [0.717, 1.165) is 11.4 Å². The molecular weight excluding hydrogens is 166 g/mol. The quantitative estimate of drug-likeness (QED) is 0.744. The third-order valence-corrected chi connectivity index (χ3v) is 1.69. The van der Waals surface area contributed by atoms with Gasteiger partial charge in [0.05, 0.1) is 12.2 Å². The zero-order chi connectivity index (χ0) is 9.10. The SMILES string of the molecule is NCc1cc(-c2ccccn2)no1. The molecule has 2 heterocycles. The van der Waals surface area contributed by atoms with Crippen molar-refractivity contribution in [3.8, 4) is 11.4 Å². The van der Waals surface area contributed by atoms with E-state index in [4.69, 9.17) is 10.3 Å². The predicted molar refractivity (Wildman–Crippen MR) is 47.6 cm³/mol. The van der Waals surface area contributed by atoms with Gasteiger partial charge in [-0.2, -0.15) is 0 Å². The first kappa shape index (κ1) is 7.94. The van der Waals surface area contributed by atoms with Crippen LogP contribution in [0.15, 0.2) is 35.0 Å². The van der Waals surface area contributed by atoms with Crippen molar-refractivity contribution in [2.45, 2.75) is 6.54 Å². The first-order valence-corrected chi connectivity index (χ1v) is 3.97. The Morgan fingerprint density at radius 1 is 1.31 bits per heavy atom. The number of rotatable bonds is 2. The van der Waals surface area contributed by atoms with E-state index < -0.39 is 0 Å². The summed E-state index contributed by atoms with van der Waals surface area (Å²) in [6, 6.07) is 7.42. The molecule has 0 bridgehead atoms. The highest BCUT2D eigenvalue weighted by molar-refractivity contribution is 5.52. The van der Waals surface area contributed by atoms with Crippen LogP contribution in [-0.2, 0) is 6.54 Å². The van der Waals surface area contributed by atoms with Crippen molar-refractivity contribution in [3.05, 3.63) is 36.2 Å². The number of hydrogen-bond donors (Lipinski definition) is 1. The topological polar surface area (TPSA) is 64.9 Å². The third-order valence-electron chi connectivity index (χ3n) is 1.69. The Kier molecular flexibility index (Phi) is 2.06. The lowest BCUT2D eigenvalue weighted by atomic mass is 10.2. The molecule has 0 radical (unpaired) electrons. The lowest BCUT2D eigenvalue weighted by Crippen LogP contribution is -1.92. The van der Waals surface area contributed by atoms with E-state index >= 15 is 0 Å². The van der Waals surface area contributed by atoms with Gasteiger partial charge in [0.25, 0.3) is 0 Å². The molecule has 0 fully saturated rings. The molecular formula is C9H9N3O. The molecule has 0 amide bonds. The van der Waals surface area contributed by atoms with Gasteiger partial charge in [-0.05, 0) is 12.1 Å². The molecule has 0 spiro atoms. The second-order valence-electron chi connectivity index (χ2n) is 2.60. The van der Waals surface area contributed by atoms with E-state index in [1.165, 1.54) is 0 Å². The molecule has 2 aromatic rings. The van der Waals surface area contributed by atoms with Crippen molar-refractivity contribution in [2.75, 3.05) is 0 Å². The molecule has 0 aliphatic rings.